The van der Waals surface area contributed by atoms with Crippen molar-refractivity contribution in [1.82, 2.24) is 20.2 Å². The summed E-state index contributed by atoms with van der Waals surface area (Å²) < 4.78 is 21.2. The molecule has 0 atom stereocenters. The monoisotopic (exact) mass is 452 g/mol. The van der Waals surface area contributed by atoms with Gasteiger partial charge in [0.2, 0.25) is 12.7 Å². The van der Waals surface area contributed by atoms with Gasteiger partial charge in [-0.15, -0.1) is 10.2 Å². The normalized spacial score (nSPS) is 13.3. The van der Waals surface area contributed by atoms with E-state index in [9.17, 15) is 9.90 Å². The van der Waals surface area contributed by atoms with E-state index in [1.54, 1.807) is 24.3 Å². The molecular formula is C21H16N4O6S. The number of aliphatic hydroxyl groups excluding tert-OH is 1. The van der Waals surface area contributed by atoms with Crippen LogP contribution in [0.3, 0.4) is 0 Å². The second-order valence-electron chi connectivity index (χ2n) is 6.65. The Hall–Kier alpha value is -3.99. The number of H-pyrrole nitrogens is 1. The number of carbonyl (C=O) groups excluding carboxylic acids is 1. The molecule has 0 saturated heterocycles. The highest BCUT2D eigenvalue weighted by Crippen LogP contribution is 2.36. The van der Waals surface area contributed by atoms with Crippen LogP contribution in [0, 0.1) is 0 Å². The van der Waals surface area contributed by atoms with Gasteiger partial charge in [0.1, 0.15) is 17.2 Å². The van der Waals surface area contributed by atoms with Gasteiger partial charge in [0.15, 0.2) is 11.5 Å². The Morgan fingerprint density at radius 1 is 1.19 bits per heavy atom. The van der Waals surface area contributed by atoms with Crippen molar-refractivity contribution in [3.63, 3.8) is 0 Å². The summed E-state index contributed by atoms with van der Waals surface area (Å²) in [4.78, 5) is 19.7. The first kappa shape index (κ1) is 19.9. The molecule has 2 N–H and O–H groups in total. The third-order valence-electron chi connectivity index (χ3n) is 4.66. The molecule has 2 aromatic carbocycles. The number of aromatic amines is 1. The summed E-state index contributed by atoms with van der Waals surface area (Å²) in [6, 6.07) is 12.6. The molecule has 2 aromatic heterocycles. The number of nitrogens with zero attached hydrogens (tertiary/aromatic N) is 3. The van der Waals surface area contributed by atoms with E-state index in [-0.39, 0.29) is 34.9 Å². The van der Waals surface area contributed by atoms with E-state index >= 15 is 0 Å². The van der Waals surface area contributed by atoms with Crippen molar-refractivity contribution in [3.8, 4) is 23.0 Å². The quantitative estimate of drug-likeness (QED) is 0.194. The van der Waals surface area contributed by atoms with Crippen LogP contribution in [-0.4, -0.2) is 50.9 Å². The van der Waals surface area contributed by atoms with Crippen molar-refractivity contribution in [2.24, 2.45) is 0 Å². The fraction of sp³-hybridized carbons (Fsp3) is 0.143. The summed E-state index contributed by atoms with van der Waals surface area (Å²) in [6.45, 7) is 0.170. The number of nitrogens with one attached hydrogen (secondary N) is 1. The van der Waals surface area contributed by atoms with Crippen LogP contribution >= 0.6 is 11.8 Å². The van der Waals surface area contributed by atoms with Gasteiger partial charge in [-0.2, -0.15) is 0 Å². The van der Waals surface area contributed by atoms with Crippen molar-refractivity contribution >= 4 is 34.3 Å². The Labute approximate surface area is 185 Å². The Balaban J connectivity index is 1.37. The third kappa shape index (κ3) is 3.73. The van der Waals surface area contributed by atoms with Gasteiger partial charge >= 0.3 is 5.97 Å². The second-order valence-corrected chi connectivity index (χ2v) is 7.57. The first-order valence-electron chi connectivity index (χ1n) is 9.44. The predicted molar refractivity (Wildman–Crippen MR) is 114 cm³/mol. The van der Waals surface area contributed by atoms with Gasteiger partial charge in [-0.3, -0.25) is 0 Å². The largest absolute Gasteiger partial charge is 0.510 e. The van der Waals surface area contributed by atoms with E-state index < -0.39 is 5.97 Å². The zero-order chi connectivity index (χ0) is 22.1. The maximum atomic E-state index is 12.3. The fourth-order valence-electron chi connectivity index (χ4n) is 3.14. The molecule has 10 nitrogen and oxygen atoms in total. The lowest BCUT2D eigenvalue weighted by molar-refractivity contribution is -0.133. The Kier molecular flexibility index (Phi) is 5.15. The molecule has 0 unspecified atom stereocenters. The van der Waals surface area contributed by atoms with Crippen LogP contribution in [-0.2, 0) is 9.53 Å². The predicted octanol–water partition coefficient (Wildman–Crippen LogP) is 3.58. The molecule has 162 valence electrons. The lowest BCUT2D eigenvalue weighted by atomic mass is 10.2. The maximum Gasteiger partial charge on any atom is 0.345 e. The van der Waals surface area contributed by atoms with Gasteiger partial charge in [-0.1, -0.05) is 23.9 Å². The number of ether oxygens (including phenoxy) is 3. The highest BCUT2D eigenvalue weighted by Gasteiger charge is 2.23. The molecule has 0 radical (unpaired) electrons. The minimum atomic E-state index is -0.714. The maximum absolute atomic E-state index is 12.3. The first-order valence-corrected chi connectivity index (χ1v) is 10.4. The molecule has 1 aliphatic heterocycles. The van der Waals surface area contributed by atoms with E-state index in [2.05, 4.69) is 20.2 Å². The molecule has 0 spiro atoms. The third-order valence-corrected chi connectivity index (χ3v) is 5.49. The van der Waals surface area contributed by atoms with Crippen molar-refractivity contribution in [3.05, 3.63) is 54.0 Å². The van der Waals surface area contributed by atoms with Crippen LogP contribution in [0.4, 0.5) is 0 Å². The number of carbonyl (C=O) groups is 1. The lowest BCUT2D eigenvalue weighted by Crippen LogP contribution is -2.09. The Bertz CT molecular complexity index is 1310. The van der Waals surface area contributed by atoms with Gasteiger partial charge in [0.25, 0.3) is 5.22 Å². The number of aliphatic hydroxyl groups is 1. The van der Waals surface area contributed by atoms with Gasteiger partial charge in [0, 0.05) is 5.56 Å². The summed E-state index contributed by atoms with van der Waals surface area (Å²) >= 11 is 1.07. The fourth-order valence-corrected chi connectivity index (χ4v) is 3.78. The summed E-state index contributed by atoms with van der Waals surface area (Å²) in [5.74, 6) is 0.799. The standard InChI is InChI=1S/C21H16N4O6S/c1-28-20(27)17(18-22-12-4-2-3-5-13(12)23-18)14(26)9-32-21-25-24-19(31-21)11-6-7-15-16(8-11)30-10-29-15/h2-8,26H,9-10H2,1H3,(H,22,23). The minimum absolute atomic E-state index is 0.00967. The molecule has 0 fully saturated rings. The number of imidazole rings is 1. The van der Waals surface area contributed by atoms with E-state index in [1.165, 1.54) is 7.11 Å². The lowest BCUT2D eigenvalue weighted by Gasteiger charge is -2.06. The zero-order valence-electron chi connectivity index (χ0n) is 16.7. The van der Waals surface area contributed by atoms with E-state index in [0.29, 0.717) is 28.5 Å². The van der Waals surface area contributed by atoms with Gasteiger partial charge in [-0.05, 0) is 30.3 Å². The number of hydrogen-bond acceptors (Lipinski definition) is 10. The molecule has 11 heteroatoms. The number of aromatic nitrogens is 4. The molecule has 1 aliphatic rings. The summed E-state index contributed by atoms with van der Waals surface area (Å²) in [5.41, 5.74) is 2.00. The number of rotatable bonds is 6. The second kappa shape index (κ2) is 8.27. The minimum Gasteiger partial charge on any atom is -0.510 e. The highest BCUT2D eigenvalue weighted by atomic mass is 32.2. The van der Waals surface area contributed by atoms with E-state index in [0.717, 1.165) is 17.3 Å². The Morgan fingerprint density at radius 3 is 2.88 bits per heavy atom. The van der Waals surface area contributed by atoms with Crippen molar-refractivity contribution in [2.45, 2.75) is 5.22 Å². The average Bonchev–Trinajstić information content (AvgIpc) is 3.56. The number of fused-ring (bicyclic) bond motifs is 2. The Morgan fingerprint density at radius 2 is 2.03 bits per heavy atom. The summed E-state index contributed by atoms with van der Waals surface area (Å²) in [5, 5.41) is 18.9. The molecule has 0 bridgehead atoms. The summed E-state index contributed by atoms with van der Waals surface area (Å²) in [7, 11) is 1.24. The van der Waals surface area contributed by atoms with Crippen LogP contribution in [0.2, 0.25) is 0 Å². The number of para-hydroxylation sites is 2. The topological polar surface area (TPSA) is 133 Å². The SMILES string of the molecule is COC(=O)C(=C(O)CSc1nnc(-c2ccc3c(c2)OCO3)o1)c1nc2ccccc2[nH]1. The summed E-state index contributed by atoms with van der Waals surface area (Å²) in [6.07, 6.45) is 0. The number of hydrogen-bond donors (Lipinski definition) is 2. The number of thioether (sulfide) groups is 1. The van der Waals surface area contributed by atoms with Crippen LogP contribution in [0.5, 0.6) is 11.5 Å². The van der Waals surface area contributed by atoms with Crippen LogP contribution in [0.1, 0.15) is 5.82 Å². The van der Waals surface area contributed by atoms with Crippen LogP contribution in [0.25, 0.3) is 28.1 Å². The zero-order valence-corrected chi connectivity index (χ0v) is 17.5. The molecular weight excluding hydrogens is 436 g/mol. The van der Waals surface area contributed by atoms with Crippen molar-refractivity contribution < 1.29 is 28.5 Å². The molecule has 0 saturated carbocycles. The van der Waals surface area contributed by atoms with Gasteiger partial charge in [-0.25, -0.2) is 9.78 Å². The van der Waals surface area contributed by atoms with Crippen molar-refractivity contribution in [1.29, 1.82) is 0 Å². The molecule has 5 rings (SSSR count). The van der Waals surface area contributed by atoms with E-state index in [4.69, 9.17) is 18.6 Å². The van der Waals surface area contributed by atoms with Gasteiger partial charge < -0.3 is 28.7 Å². The van der Waals surface area contributed by atoms with E-state index in [1.807, 2.05) is 18.2 Å². The average molecular weight is 452 g/mol. The molecule has 32 heavy (non-hydrogen) atoms. The van der Waals surface area contributed by atoms with Crippen molar-refractivity contribution in [2.75, 3.05) is 19.7 Å². The first-order chi connectivity index (χ1) is 15.6. The van der Waals surface area contributed by atoms with Crippen LogP contribution in [0.15, 0.2) is 57.9 Å². The number of esters is 1. The van der Waals surface area contributed by atoms with Gasteiger partial charge in [0.05, 0.1) is 23.9 Å². The molecule has 0 aliphatic carbocycles. The highest BCUT2D eigenvalue weighted by molar-refractivity contribution is 7.99. The van der Waals surface area contributed by atoms with Crippen LogP contribution < -0.4 is 9.47 Å². The molecule has 0 amide bonds. The molecule has 3 heterocycles. The number of benzene rings is 2. The smallest absolute Gasteiger partial charge is 0.345 e. The number of methoxy groups -OCH3 is 1. The molecule has 4 aromatic rings.